The fraction of sp³-hybridized carbons (Fsp3) is 0.650. The lowest BCUT2D eigenvalue weighted by Crippen LogP contribution is -2.31. The van der Waals surface area contributed by atoms with Crippen LogP contribution in [0.3, 0.4) is 0 Å². The van der Waals surface area contributed by atoms with Crippen LogP contribution in [0.15, 0.2) is 5.03 Å². The smallest absolute Gasteiger partial charge is 0.232 e. The highest BCUT2D eigenvalue weighted by Crippen LogP contribution is 2.44. The van der Waals surface area contributed by atoms with Gasteiger partial charge in [-0.2, -0.15) is 0 Å². The van der Waals surface area contributed by atoms with Crippen molar-refractivity contribution in [2.24, 2.45) is 5.92 Å². The molecule has 0 bridgehead atoms. The first-order valence-electron chi connectivity index (χ1n) is 9.83. The second-order valence-corrected chi connectivity index (χ2v) is 9.60. The zero-order chi connectivity index (χ0) is 18.3. The highest BCUT2D eigenvalue weighted by molar-refractivity contribution is 8.00. The Hall–Kier alpha value is -1.14. The van der Waals surface area contributed by atoms with Crippen LogP contribution in [0.25, 0.3) is 10.2 Å². The molecule has 2 aliphatic carbocycles. The Morgan fingerprint density at radius 3 is 2.69 bits per heavy atom. The minimum Gasteiger partial charge on any atom is -0.343 e. The van der Waals surface area contributed by atoms with Crippen molar-refractivity contribution in [2.75, 3.05) is 18.8 Å². The molecular weight excluding hydrogens is 362 g/mol. The number of hydrogen-bond acceptors (Lipinski definition) is 5. The summed E-state index contributed by atoms with van der Waals surface area (Å²) in [6.07, 6.45) is 5.94. The van der Waals surface area contributed by atoms with Crippen LogP contribution in [-0.4, -0.2) is 39.6 Å². The summed E-state index contributed by atoms with van der Waals surface area (Å²) in [6, 6.07) is 0. The zero-order valence-corrected chi connectivity index (χ0v) is 17.5. The minimum absolute atomic E-state index is 0.206. The van der Waals surface area contributed by atoms with Crippen molar-refractivity contribution in [3.8, 4) is 0 Å². The number of carbonyl (C=O) groups is 1. The van der Waals surface area contributed by atoms with E-state index in [1.54, 1.807) is 11.8 Å². The maximum Gasteiger partial charge on any atom is 0.232 e. The quantitative estimate of drug-likeness (QED) is 0.533. The zero-order valence-electron chi connectivity index (χ0n) is 15.9. The molecule has 2 aromatic rings. The molecule has 1 atom stereocenters. The van der Waals surface area contributed by atoms with E-state index in [-0.39, 0.29) is 5.91 Å². The number of nitrogens with zero attached hydrogens (tertiary/aromatic N) is 3. The summed E-state index contributed by atoms with van der Waals surface area (Å²) >= 11 is 3.49. The Morgan fingerprint density at radius 2 is 2.00 bits per heavy atom. The molecule has 0 unspecified atom stereocenters. The summed E-state index contributed by atoms with van der Waals surface area (Å²) in [5.74, 6) is 2.97. The van der Waals surface area contributed by atoms with Crippen molar-refractivity contribution < 1.29 is 4.79 Å². The number of thioether (sulfide) groups is 1. The average molecular weight is 390 g/mol. The maximum absolute atomic E-state index is 12.5. The van der Waals surface area contributed by atoms with Gasteiger partial charge in [-0.3, -0.25) is 4.79 Å². The largest absolute Gasteiger partial charge is 0.343 e. The first-order valence-corrected chi connectivity index (χ1v) is 11.6. The molecule has 0 spiro atoms. The Bertz CT molecular complexity index is 824. The number of amides is 1. The molecule has 1 saturated carbocycles. The van der Waals surface area contributed by atoms with Gasteiger partial charge in [0, 0.05) is 29.3 Å². The molecular formula is C20H27N3OS2. The lowest BCUT2D eigenvalue weighted by Gasteiger charge is -2.19. The van der Waals surface area contributed by atoms with Gasteiger partial charge in [-0.05, 0) is 57.4 Å². The highest BCUT2D eigenvalue weighted by Gasteiger charge is 2.30. The van der Waals surface area contributed by atoms with Gasteiger partial charge in [-0.25, -0.2) is 9.97 Å². The Labute approximate surface area is 163 Å². The van der Waals surface area contributed by atoms with Crippen LogP contribution in [0, 0.1) is 5.92 Å². The average Bonchev–Trinajstić information content (AvgIpc) is 3.41. The first kappa shape index (κ1) is 18.2. The summed E-state index contributed by atoms with van der Waals surface area (Å²) in [5, 5.41) is 2.29. The molecule has 1 amide bonds. The summed E-state index contributed by atoms with van der Waals surface area (Å²) in [7, 11) is 0. The van der Waals surface area contributed by atoms with Crippen molar-refractivity contribution in [1.29, 1.82) is 0 Å². The molecule has 6 heteroatoms. The molecule has 0 radical (unpaired) electrons. The standard InChI is InChI=1S/C20H27N3OS2/c1-4-23(5-2)16(24)11-25-19-17-14-9-6-12(3)10-15(14)26-20(17)22-18(21-19)13-7-8-13/h12-13H,4-11H2,1-3H3/t12-/m1/s1. The van der Waals surface area contributed by atoms with Crippen LogP contribution in [-0.2, 0) is 17.6 Å². The first-order chi connectivity index (χ1) is 12.6. The van der Waals surface area contributed by atoms with Gasteiger partial charge < -0.3 is 4.90 Å². The van der Waals surface area contributed by atoms with Crippen molar-refractivity contribution in [3.05, 3.63) is 16.3 Å². The third-order valence-corrected chi connectivity index (χ3v) is 7.64. The highest BCUT2D eigenvalue weighted by atomic mass is 32.2. The molecule has 1 fully saturated rings. The number of fused-ring (bicyclic) bond motifs is 3. The normalized spacial score (nSPS) is 19.6. The van der Waals surface area contributed by atoms with E-state index in [4.69, 9.17) is 9.97 Å². The van der Waals surface area contributed by atoms with Gasteiger partial charge in [0.1, 0.15) is 15.7 Å². The molecule has 4 nitrogen and oxygen atoms in total. The lowest BCUT2D eigenvalue weighted by molar-refractivity contribution is -0.127. The van der Waals surface area contributed by atoms with E-state index in [9.17, 15) is 4.79 Å². The third-order valence-electron chi connectivity index (χ3n) is 5.53. The van der Waals surface area contributed by atoms with Gasteiger partial charge >= 0.3 is 0 Å². The van der Waals surface area contributed by atoms with Gasteiger partial charge in [0.05, 0.1) is 5.75 Å². The van der Waals surface area contributed by atoms with Crippen LogP contribution in [0.5, 0.6) is 0 Å². The van der Waals surface area contributed by atoms with E-state index >= 15 is 0 Å². The molecule has 140 valence electrons. The molecule has 2 aliphatic rings. The molecule has 0 aromatic carbocycles. The van der Waals surface area contributed by atoms with Crippen LogP contribution in [0.2, 0.25) is 0 Å². The van der Waals surface area contributed by atoms with E-state index in [0.29, 0.717) is 11.7 Å². The second-order valence-electron chi connectivity index (χ2n) is 7.55. The van der Waals surface area contributed by atoms with Crippen molar-refractivity contribution in [2.45, 2.75) is 63.8 Å². The summed E-state index contributed by atoms with van der Waals surface area (Å²) < 4.78 is 0. The van der Waals surface area contributed by atoms with Gasteiger partial charge in [-0.15, -0.1) is 11.3 Å². The van der Waals surface area contributed by atoms with Crippen LogP contribution in [0.4, 0.5) is 0 Å². The van der Waals surface area contributed by atoms with E-state index in [2.05, 4.69) is 6.92 Å². The van der Waals surface area contributed by atoms with Crippen LogP contribution >= 0.6 is 23.1 Å². The predicted molar refractivity (Wildman–Crippen MR) is 109 cm³/mol. The Morgan fingerprint density at radius 1 is 1.23 bits per heavy atom. The van der Waals surface area contributed by atoms with E-state index < -0.39 is 0 Å². The predicted octanol–water partition coefficient (Wildman–Crippen LogP) is 4.65. The molecule has 26 heavy (non-hydrogen) atoms. The van der Waals surface area contributed by atoms with Gasteiger partial charge in [-0.1, -0.05) is 18.7 Å². The van der Waals surface area contributed by atoms with Crippen LogP contribution in [0.1, 0.15) is 62.2 Å². The molecule has 0 aliphatic heterocycles. The Balaban J connectivity index is 1.68. The monoisotopic (exact) mass is 389 g/mol. The van der Waals surface area contributed by atoms with E-state index in [0.717, 1.165) is 47.5 Å². The fourth-order valence-electron chi connectivity index (χ4n) is 3.75. The van der Waals surface area contributed by atoms with Crippen molar-refractivity contribution in [3.63, 3.8) is 0 Å². The molecule has 4 rings (SSSR count). The van der Waals surface area contributed by atoms with E-state index in [1.807, 2.05) is 30.1 Å². The van der Waals surface area contributed by atoms with Crippen molar-refractivity contribution in [1.82, 2.24) is 14.9 Å². The number of aryl methyl sites for hydroxylation is 1. The van der Waals surface area contributed by atoms with Gasteiger partial charge in [0.25, 0.3) is 0 Å². The summed E-state index contributed by atoms with van der Waals surface area (Å²) in [5.41, 5.74) is 1.46. The summed E-state index contributed by atoms with van der Waals surface area (Å²) in [6.45, 7) is 7.96. The number of hydrogen-bond donors (Lipinski definition) is 0. The van der Waals surface area contributed by atoms with Gasteiger partial charge in [0.15, 0.2) is 0 Å². The van der Waals surface area contributed by atoms with E-state index in [1.165, 1.54) is 35.1 Å². The van der Waals surface area contributed by atoms with Gasteiger partial charge in [0.2, 0.25) is 5.91 Å². The fourth-order valence-corrected chi connectivity index (χ4v) is 6.17. The summed E-state index contributed by atoms with van der Waals surface area (Å²) in [4.78, 5) is 26.9. The second kappa shape index (κ2) is 7.47. The number of aromatic nitrogens is 2. The third kappa shape index (κ3) is 3.50. The van der Waals surface area contributed by atoms with Crippen LogP contribution < -0.4 is 0 Å². The number of rotatable bonds is 6. The Kier molecular flexibility index (Phi) is 5.24. The lowest BCUT2D eigenvalue weighted by atomic mass is 9.89. The topological polar surface area (TPSA) is 46.1 Å². The minimum atomic E-state index is 0.206. The molecule has 0 saturated heterocycles. The number of carbonyl (C=O) groups excluding carboxylic acids is 1. The SMILES string of the molecule is CCN(CC)C(=O)CSc1nc(C2CC2)nc2sc3c(c12)CC[C@@H](C)C3. The molecule has 0 N–H and O–H groups in total. The number of thiophene rings is 1. The molecule has 2 aromatic heterocycles. The maximum atomic E-state index is 12.5. The van der Waals surface area contributed by atoms with Crippen molar-refractivity contribution >= 4 is 39.2 Å². The molecule has 2 heterocycles.